The highest BCUT2D eigenvalue weighted by molar-refractivity contribution is 5.96. The summed E-state index contributed by atoms with van der Waals surface area (Å²) >= 11 is 0. The number of aliphatic hydroxyl groups excluding tert-OH is 1. The minimum absolute atomic E-state index is 0.175. The number of nitrogens with one attached hydrogen (secondary N) is 1. The summed E-state index contributed by atoms with van der Waals surface area (Å²) in [5.74, 6) is 0.740. The quantitative estimate of drug-likeness (QED) is 0.881. The Morgan fingerprint density at radius 2 is 1.90 bits per heavy atom. The van der Waals surface area contributed by atoms with Gasteiger partial charge in [-0.1, -0.05) is 12.1 Å². The lowest BCUT2D eigenvalue weighted by Gasteiger charge is -2.27. The molecule has 0 radical (unpaired) electrons. The highest BCUT2D eigenvalue weighted by Crippen LogP contribution is 2.27. The number of nitrogens with zero attached hydrogens (tertiary/aromatic N) is 1. The Bertz CT molecular complexity index is 499. The minimum Gasteiger partial charge on any atom is -0.396 e. The van der Waals surface area contributed by atoms with E-state index in [1.165, 1.54) is 0 Å². The van der Waals surface area contributed by atoms with Crippen molar-refractivity contribution >= 4 is 5.91 Å². The van der Waals surface area contributed by atoms with Gasteiger partial charge in [-0.05, 0) is 49.7 Å². The molecular formula is C16H20N2O2. The van der Waals surface area contributed by atoms with Crippen molar-refractivity contribution in [2.24, 2.45) is 11.8 Å². The van der Waals surface area contributed by atoms with Gasteiger partial charge in [0.25, 0.3) is 5.91 Å². The molecule has 1 amide bonds. The smallest absolute Gasteiger partial charge is 0.252 e. The number of carbonyl (C=O) groups excluding carboxylic acids is 1. The molecule has 106 valence electrons. The summed E-state index contributed by atoms with van der Waals surface area (Å²) in [7, 11) is 0. The largest absolute Gasteiger partial charge is 0.396 e. The van der Waals surface area contributed by atoms with Crippen LogP contribution in [0.3, 0.4) is 0 Å². The normalized spacial score (nSPS) is 22.0. The lowest BCUT2D eigenvalue weighted by atomic mass is 9.82. The average molecular weight is 272 g/mol. The third kappa shape index (κ3) is 3.58. The molecule has 0 unspecified atom stereocenters. The zero-order valence-electron chi connectivity index (χ0n) is 11.5. The van der Waals surface area contributed by atoms with Crippen LogP contribution in [0.2, 0.25) is 0 Å². The van der Waals surface area contributed by atoms with Gasteiger partial charge in [-0.15, -0.1) is 0 Å². The summed E-state index contributed by atoms with van der Waals surface area (Å²) in [5, 5.41) is 21.0. The predicted molar refractivity (Wildman–Crippen MR) is 76.0 cm³/mol. The summed E-state index contributed by atoms with van der Waals surface area (Å²) in [6.07, 6.45) is 4.16. The molecule has 2 N–H and O–H groups in total. The number of hydrogen-bond donors (Lipinski definition) is 2. The maximum absolute atomic E-state index is 12.1. The highest BCUT2D eigenvalue weighted by atomic mass is 16.3. The molecule has 2 rings (SSSR count). The van der Waals surface area contributed by atoms with E-state index in [0.29, 0.717) is 29.5 Å². The second kappa shape index (κ2) is 7.06. The fraction of sp³-hybridized carbons (Fsp3) is 0.500. The first kappa shape index (κ1) is 14.5. The molecule has 0 aliphatic heterocycles. The summed E-state index contributed by atoms with van der Waals surface area (Å²) < 4.78 is 0. The van der Waals surface area contributed by atoms with Crippen molar-refractivity contribution in [3.63, 3.8) is 0 Å². The van der Waals surface area contributed by atoms with Crippen molar-refractivity contribution in [1.82, 2.24) is 5.32 Å². The summed E-state index contributed by atoms with van der Waals surface area (Å²) in [6, 6.07) is 8.89. The van der Waals surface area contributed by atoms with Crippen LogP contribution in [0.4, 0.5) is 0 Å². The second-order valence-corrected chi connectivity index (χ2v) is 5.44. The Labute approximate surface area is 119 Å². The Hall–Kier alpha value is -1.86. The van der Waals surface area contributed by atoms with Gasteiger partial charge in [0.05, 0.1) is 17.2 Å². The standard InChI is InChI=1S/C16H20N2O2/c17-9-14-3-1-2-4-15(14)16(20)18-10-12-5-7-13(11-19)8-6-12/h1-4,12-13,19H,5-8,10-11H2,(H,18,20). The van der Waals surface area contributed by atoms with Gasteiger partial charge in [-0.3, -0.25) is 4.79 Å². The average Bonchev–Trinajstić information content (AvgIpc) is 2.53. The molecule has 4 nitrogen and oxygen atoms in total. The molecule has 1 aliphatic carbocycles. The molecule has 0 spiro atoms. The predicted octanol–water partition coefficient (Wildman–Crippen LogP) is 2.09. The first-order chi connectivity index (χ1) is 9.74. The van der Waals surface area contributed by atoms with Crippen LogP contribution in [-0.4, -0.2) is 24.2 Å². The van der Waals surface area contributed by atoms with Gasteiger partial charge in [-0.25, -0.2) is 0 Å². The minimum atomic E-state index is -0.175. The Balaban J connectivity index is 1.85. The van der Waals surface area contributed by atoms with E-state index >= 15 is 0 Å². The van der Waals surface area contributed by atoms with Crippen molar-refractivity contribution in [3.8, 4) is 6.07 Å². The van der Waals surface area contributed by atoms with E-state index in [9.17, 15) is 4.79 Å². The van der Waals surface area contributed by atoms with Gasteiger partial charge in [-0.2, -0.15) is 5.26 Å². The zero-order valence-corrected chi connectivity index (χ0v) is 11.5. The van der Waals surface area contributed by atoms with E-state index in [1.807, 2.05) is 6.07 Å². The number of carbonyl (C=O) groups is 1. The Kier molecular flexibility index (Phi) is 5.14. The fourth-order valence-corrected chi connectivity index (χ4v) is 2.73. The molecule has 20 heavy (non-hydrogen) atoms. The molecule has 1 aromatic rings. The van der Waals surface area contributed by atoms with Gasteiger partial charge < -0.3 is 10.4 Å². The zero-order chi connectivity index (χ0) is 14.4. The van der Waals surface area contributed by atoms with Crippen LogP contribution in [0.15, 0.2) is 24.3 Å². The monoisotopic (exact) mass is 272 g/mol. The van der Waals surface area contributed by atoms with Gasteiger partial charge >= 0.3 is 0 Å². The third-order valence-electron chi connectivity index (χ3n) is 4.07. The van der Waals surface area contributed by atoms with Crippen LogP contribution in [0.25, 0.3) is 0 Å². The first-order valence-electron chi connectivity index (χ1n) is 7.12. The topological polar surface area (TPSA) is 73.1 Å². The van der Waals surface area contributed by atoms with E-state index < -0.39 is 0 Å². The van der Waals surface area contributed by atoms with Gasteiger partial charge in [0.2, 0.25) is 0 Å². The SMILES string of the molecule is N#Cc1ccccc1C(=O)NCC1CCC(CO)CC1. The molecule has 0 saturated heterocycles. The van der Waals surface area contributed by atoms with Crippen molar-refractivity contribution in [3.05, 3.63) is 35.4 Å². The lowest BCUT2D eigenvalue weighted by Crippen LogP contribution is -2.32. The molecule has 4 heteroatoms. The number of amides is 1. The van der Waals surface area contributed by atoms with Crippen molar-refractivity contribution in [2.75, 3.05) is 13.2 Å². The van der Waals surface area contributed by atoms with E-state index in [-0.39, 0.29) is 12.5 Å². The van der Waals surface area contributed by atoms with E-state index in [2.05, 4.69) is 5.32 Å². The molecule has 1 fully saturated rings. The van der Waals surface area contributed by atoms with E-state index in [0.717, 1.165) is 25.7 Å². The van der Waals surface area contributed by atoms with Crippen molar-refractivity contribution in [2.45, 2.75) is 25.7 Å². The van der Waals surface area contributed by atoms with Gasteiger partial charge in [0, 0.05) is 13.2 Å². The number of aliphatic hydroxyl groups is 1. The highest BCUT2D eigenvalue weighted by Gasteiger charge is 2.21. The number of rotatable bonds is 4. The molecular weight excluding hydrogens is 252 g/mol. The fourth-order valence-electron chi connectivity index (χ4n) is 2.73. The molecule has 0 atom stereocenters. The molecule has 1 saturated carbocycles. The van der Waals surface area contributed by atoms with Gasteiger partial charge in [0.15, 0.2) is 0 Å². The number of nitriles is 1. The van der Waals surface area contributed by atoms with Crippen LogP contribution >= 0.6 is 0 Å². The van der Waals surface area contributed by atoms with Gasteiger partial charge in [0.1, 0.15) is 0 Å². The molecule has 0 bridgehead atoms. The lowest BCUT2D eigenvalue weighted by molar-refractivity contribution is 0.0936. The van der Waals surface area contributed by atoms with Crippen LogP contribution in [0.1, 0.15) is 41.6 Å². The van der Waals surface area contributed by atoms with E-state index in [4.69, 9.17) is 10.4 Å². The molecule has 1 aromatic carbocycles. The van der Waals surface area contributed by atoms with Crippen LogP contribution in [0, 0.1) is 23.2 Å². The van der Waals surface area contributed by atoms with Crippen LogP contribution in [-0.2, 0) is 0 Å². The number of benzene rings is 1. The van der Waals surface area contributed by atoms with Crippen molar-refractivity contribution in [1.29, 1.82) is 5.26 Å². The summed E-state index contributed by atoms with van der Waals surface area (Å²) in [4.78, 5) is 12.1. The molecule has 1 aliphatic rings. The summed E-state index contributed by atoms with van der Waals surface area (Å²) in [6.45, 7) is 0.922. The maximum Gasteiger partial charge on any atom is 0.252 e. The second-order valence-electron chi connectivity index (χ2n) is 5.44. The van der Waals surface area contributed by atoms with Crippen molar-refractivity contribution < 1.29 is 9.90 Å². The maximum atomic E-state index is 12.1. The molecule has 0 heterocycles. The first-order valence-corrected chi connectivity index (χ1v) is 7.12. The number of hydrogen-bond acceptors (Lipinski definition) is 3. The van der Waals surface area contributed by atoms with Crippen LogP contribution in [0.5, 0.6) is 0 Å². The summed E-state index contributed by atoms with van der Waals surface area (Å²) in [5.41, 5.74) is 0.855. The Morgan fingerprint density at radius 1 is 1.25 bits per heavy atom. The Morgan fingerprint density at radius 3 is 2.55 bits per heavy atom. The third-order valence-corrected chi connectivity index (χ3v) is 4.07. The van der Waals surface area contributed by atoms with Crippen LogP contribution < -0.4 is 5.32 Å². The molecule has 0 aromatic heterocycles. The van der Waals surface area contributed by atoms with E-state index in [1.54, 1.807) is 24.3 Å².